The molecule has 106 valence electrons. The maximum atomic E-state index is 12.4. The van der Waals surface area contributed by atoms with E-state index < -0.39 is 0 Å². The first-order chi connectivity index (χ1) is 10.1. The summed E-state index contributed by atoms with van der Waals surface area (Å²) < 4.78 is 0. The van der Waals surface area contributed by atoms with E-state index >= 15 is 0 Å². The van der Waals surface area contributed by atoms with E-state index in [1.165, 1.54) is 4.90 Å². The number of amides is 2. The number of nitrogens with two attached hydrogens (primary N) is 1. The molecule has 0 fully saturated rings. The number of benzene rings is 1. The molecule has 2 amide bonds. The van der Waals surface area contributed by atoms with E-state index in [0.29, 0.717) is 16.8 Å². The fourth-order valence-electron chi connectivity index (χ4n) is 2.59. The Labute approximate surface area is 122 Å². The number of carbonyl (C=O) groups excluding carboxylic acids is 2. The second kappa shape index (κ2) is 5.01. The summed E-state index contributed by atoms with van der Waals surface area (Å²) >= 11 is 0. The number of nitrogens with zero attached hydrogens (tertiary/aromatic N) is 2. The molecule has 2 N–H and O–H groups in total. The van der Waals surface area contributed by atoms with Gasteiger partial charge in [0.2, 0.25) is 0 Å². The first-order valence-electron chi connectivity index (χ1n) is 6.81. The van der Waals surface area contributed by atoms with E-state index in [2.05, 4.69) is 4.98 Å². The number of hydrogen-bond acceptors (Lipinski definition) is 4. The van der Waals surface area contributed by atoms with Gasteiger partial charge in [-0.3, -0.25) is 19.5 Å². The number of rotatable bonds is 3. The van der Waals surface area contributed by atoms with Crippen LogP contribution in [0.2, 0.25) is 0 Å². The second-order valence-electron chi connectivity index (χ2n) is 4.93. The SMILES string of the molecule is CCc1cccnc1CN1C(=O)c2cccc(N)c2C1=O. The molecule has 0 atom stereocenters. The van der Waals surface area contributed by atoms with E-state index in [4.69, 9.17) is 5.73 Å². The fraction of sp³-hybridized carbons (Fsp3) is 0.188. The van der Waals surface area contributed by atoms with Crippen LogP contribution in [0.1, 0.15) is 38.9 Å². The van der Waals surface area contributed by atoms with Crippen LogP contribution in [0.25, 0.3) is 0 Å². The van der Waals surface area contributed by atoms with Crippen LogP contribution in [0, 0.1) is 0 Å². The minimum atomic E-state index is -0.346. The monoisotopic (exact) mass is 281 g/mol. The summed E-state index contributed by atoms with van der Waals surface area (Å²) in [5.74, 6) is -0.657. The highest BCUT2D eigenvalue weighted by Crippen LogP contribution is 2.28. The van der Waals surface area contributed by atoms with Gasteiger partial charge in [0.25, 0.3) is 11.8 Å². The Morgan fingerprint density at radius 3 is 2.67 bits per heavy atom. The van der Waals surface area contributed by atoms with Crippen LogP contribution in [-0.2, 0) is 13.0 Å². The van der Waals surface area contributed by atoms with Crippen LogP contribution in [0.4, 0.5) is 5.69 Å². The number of carbonyl (C=O) groups is 2. The van der Waals surface area contributed by atoms with E-state index in [9.17, 15) is 9.59 Å². The lowest BCUT2D eigenvalue weighted by Gasteiger charge is -2.15. The van der Waals surface area contributed by atoms with Crippen molar-refractivity contribution in [3.63, 3.8) is 0 Å². The Kier molecular flexibility index (Phi) is 3.17. The highest BCUT2D eigenvalue weighted by atomic mass is 16.2. The largest absolute Gasteiger partial charge is 0.398 e. The second-order valence-corrected chi connectivity index (χ2v) is 4.93. The summed E-state index contributed by atoms with van der Waals surface area (Å²) in [4.78, 5) is 30.3. The minimum absolute atomic E-state index is 0.176. The molecule has 1 aliphatic rings. The van der Waals surface area contributed by atoms with Gasteiger partial charge in [0.15, 0.2) is 0 Å². The van der Waals surface area contributed by atoms with Crippen molar-refractivity contribution in [1.29, 1.82) is 0 Å². The zero-order valence-corrected chi connectivity index (χ0v) is 11.7. The molecule has 1 aliphatic heterocycles. The Bertz CT molecular complexity index is 740. The first-order valence-corrected chi connectivity index (χ1v) is 6.81. The Hall–Kier alpha value is -2.69. The lowest BCUT2D eigenvalue weighted by atomic mass is 10.1. The van der Waals surface area contributed by atoms with Gasteiger partial charge in [-0.2, -0.15) is 0 Å². The molecule has 5 heteroatoms. The van der Waals surface area contributed by atoms with Crippen molar-refractivity contribution in [2.24, 2.45) is 0 Å². The zero-order valence-electron chi connectivity index (χ0n) is 11.7. The van der Waals surface area contributed by atoms with Crippen LogP contribution in [0.5, 0.6) is 0 Å². The molecule has 0 unspecified atom stereocenters. The molecule has 0 saturated carbocycles. The molecular formula is C16H15N3O2. The Morgan fingerprint density at radius 2 is 1.95 bits per heavy atom. The van der Waals surface area contributed by atoms with E-state index in [0.717, 1.165) is 17.7 Å². The Balaban J connectivity index is 1.97. The molecule has 0 radical (unpaired) electrons. The normalized spacial score (nSPS) is 13.7. The molecule has 3 rings (SSSR count). The third kappa shape index (κ3) is 2.07. The van der Waals surface area contributed by atoms with Crippen molar-refractivity contribution in [3.05, 3.63) is 58.9 Å². The summed E-state index contributed by atoms with van der Waals surface area (Å²) in [7, 11) is 0. The topological polar surface area (TPSA) is 76.3 Å². The lowest BCUT2D eigenvalue weighted by molar-refractivity contribution is 0.0640. The highest BCUT2D eigenvalue weighted by Gasteiger charge is 2.37. The summed E-state index contributed by atoms with van der Waals surface area (Å²) in [5, 5.41) is 0. The highest BCUT2D eigenvalue weighted by molar-refractivity contribution is 6.23. The number of aromatic nitrogens is 1. The maximum absolute atomic E-state index is 12.4. The number of pyridine rings is 1. The van der Waals surface area contributed by atoms with Gasteiger partial charge in [-0.15, -0.1) is 0 Å². The fourth-order valence-corrected chi connectivity index (χ4v) is 2.59. The maximum Gasteiger partial charge on any atom is 0.264 e. The molecule has 1 aromatic heterocycles. The smallest absolute Gasteiger partial charge is 0.264 e. The van der Waals surface area contributed by atoms with Crippen molar-refractivity contribution in [2.75, 3.05) is 5.73 Å². The van der Waals surface area contributed by atoms with Crippen molar-refractivity contribution in [2.45, 2.75) is 19.9 Å². The number of nitrogen functional groups attached to an aromatic ring is 1. The van der Waals surface area contributed by atoms with Gasteiger partial charge in [-0.25, -0.2) is 0 Å². The molecule has 2 aromatic rings. The van der Waals surface area contributed by atoms with Crippen molar-refractivity contribution >= 4 is 17.5 Å². The van der Waals surface area contributed by atoms with Gasteiger partial charge >= 0.3 is 0 Å². The third-order valence-electron chi connectivity index (χ3n) is 3.70. The number of hydrogen-bond donors (Lipinski definition) is 1. The number of imide groups is 1. The van der Waals surface area contributed by atoms with Crippen molar-refractivity contribution in [3.8, 4) is 0 Å². The van der Waals surface area contributed by atoms with Gasteiger partial charge in [0, 0.05) is 11.9 Å². The standard InChI is InChI=1S/C16H15N3O2/c1-2-10-5-4-8-18-13(10)9-19-15(20)11-6-3-7-12(17)14(11)16(19)21/h3-8H,2,9,17H2,1H3. The molecule has 0 bridgehead atoms. The lowest BCUT2D eigenvalue weighted by Crippen LogP contribution is -2.30. The Morgan fingerprint density at radius 1 is 1.14 bits per heavy atom. The number of fused-ring (bicyclic) bond motifs is 1. The minimum Gasteiger partial charge on any atom is -0.398 e. The molecule has 0 saturated heterocycles. The van der Waals surface area contributed by atoms with Gasteiger partial charge in [-0.1, -0.05) is 19.1 Å². The molecule has 0 aliphatic carbocycles. The van der Waals surface area contributed by atoms with Crippen molar-refractivity contribution < 1.29 is 9.59 Å². The van der Waals surface area contributed by atoms with E-state index in [1.54, 1.807) is 24.4 Å². The zero-order chi connectivity index (χ0) is 15.0. The average Bonchev–Trinajstić information content (AvgIpc) is 2.74. The van der Waals surface area contributed by atoms with Gasteiger partial charge < -0.3 is 5.73 Å². The molecule has 0 spiro atoms. The third-order valence-corrected chi connectivity index (χ3v) is 3.70. The molecule has 2 heterocycles. The van der Waals surface area contributed by atoms with Gasteiger partial charge in [-0.05, 0) is 30.2 Å². The predicted molar refractivity (Wildman–Crippen MR) is 78.7 cm³/mol. The summed E-state index contributed by atoms with van der Waals surface area (Å²) in [6.07, 6.45) is 2.47. The van der Waals surface area contributed by atoms with Crippen LogP contribution < -0.4 is 5.73 Å². The summed E-state index contributed by atoms with van der Waals surface area (Å²) in [5.41, 5.74) is 8.60. The number of aryl methyl sites for hydroxylation is 1. The van der Waals surface area contributed by atoms with Crippen LogP contribution in [0.3, 0.4) is 0 Å². The molecule has 21 heavy (non-hydrogen) atoms. The first kappa shape index (κ1) is 13.3. The van der Waals surface area contributed by atoms with E-state index in [-0.39, 0.29) is 18.4 Å². The quantitative estimate of drug-likeness (QED) is 0.690. The van der Waals surface area contributed by atoms with Crippen molar-refractivity contribution in [1.82, 2.24) is 9.88 Å². The number of anilines is 1. The van der Waals surface area contributed by atoms with Crippen LogP contribution in [-0.4, -0.2) is 21.7 Å². The van der Waals surface area contributed by atoms with E-state index in [1.807, 2.05) is 19.1 Å². The van der Waals surface area contributed by atoms with Crippen LogP contribution in [0.15, 0.2) is 36.5 Å². The molecule has 5 nitrogen and oxygen atoms in total. The summed E-state index contributed by atoms with van der Waals surface area (Å²) in [6, 6.07) is 8.75. The predicted octanol–water partition coefficient (Wildman–Crippen LogP) is 2.02. The van der Waals surface area contributed by atoms with Gasteiger partial charge in [0.1, 0.15) is 0 Å². The molecule has 1 aromatic carbocycles. The van der Waals surface area contributed by atoms with Gasteiger partial charge in [0.05, 0.1) is 23.4 Å². The average molecular weight is 281 g/mol. The summed E-state index contributed by atoms with van der Waals surface area (Å²) in [6.45, 7) is 2.19. The molecular weight excluding hydrogens is 266 g/mol. The van der Waals surface area contributed by atoms with Crippen LogP contribution >= 0.6 is 0 Å².